The maximum absolute atomic E-state index is 9.90. The van der Waals surface area contributed by atoms with Crippen LogP contribution in [-0.4, -0.2) is 30.9 Å². The molecule has 0 saturated heterocycles. The van der Waals surface area contributed by atoms with Crippen molar-refractivity contribution >= 4 is 6.41 Å². The molecule has 3 heteroatoms. The number of hydrogen-bond donors (Lipinski definition) is 1. The van der Waals surface area contributed by atoms with E-state index < -0.39 is 0 Å². The van der Waals surface area contributed by atoms with Crippen molar-refractivity contribution < 1.29 is 4.79 Å². The zero-order valence-electron chi connectivity index (χ0n) is 5.92. The molecule has 0 saturated carbocycles. The van der Waals surface area contributed by atoms with E-state index in [1.807, 2.05) is 6.92 Å². The molecule has 0 bridgehead atoms. The minimum absolute atomic E-state index is 0.0939. The molecule has 0 heterocycles. The Hall–Kier alpha value is -0.570. The van der Waals surface area contributed by atoms with E-state index in [1.165, 1.54) is 4.90 Å². The van der Waals surface area contributed by atoms with Crippen LogP contribution in [-0.2, 0) is 4.79 Å². The third-order valence-electron chi connectivity index (χ3n) is 1.19. The molecular weight excluding hydrogens is 116 g/mol. The van der Waals surface area contributed by atoms with Crippen LogP contribution >= 0.6 is 0 Å². The van der Waals surface area contributed by atoms with Crippen LogP contribution in [0.15, 0.2) is 0 Å². The maximum Gasteiger partial charge on any atom is 0.311 e. The fraction of sp³-hybridized carbons (Fsp3) is 0.833. The zero-order chi connectivity index (χ0) is 7.28. The molecule has 1 unspecified atom stereocenters. The van der Waals surface area contributed by atoms with Crippen LogP contribution in [0.4, 0.5) is 0 Å². The molecule has 1 atom stereocenters. The van der Waals surface area contributed by atoms with Crippen molar-refractivity contribution in [3.05, 3.63) is 0 Å². The van der Waals surface area contributed by atoms with Crippen molar-refractivity contribution in [3.63, 3.8) is 0 Å². The van der Waals surface area contributed by atoms with Gasteiger partial charge in [0.05, 0.1) is 0 Å². The lowest BCUT2D eigenvalue weighted by Crippen LogP contribution is -2.33. The van der Waals surface area contributed by atoms with Gasteiger partial charge in [0.25, 0.3) is 0 Å². The molecule has 0 aromatic rings. The number of amides is 1. The Labute approximate surface area is 55.8 Å². The summed E-state index contributed by atoms with van der Waals surface area (Å²) in [6.45, 7) is 2.59. The summed E-state index contributed by atoms with van der Waals surface area (Å²) >= 11 is 0. The van der Waals surface area contributed by atoms with Crippen LogP contribution < -0.4 is 5.73 Å². The number of likely N-dealkylation sites (N-methyl/N-ethyl adjacent to an activating group) is 1. The van der Waals surface area contributed by atoms with E-state index in [2.05, 4.69) is 0 Å². The first-order valence-electron chi connectivity index (χ1n) is 3.05. The first-order valence-corrected chi connectivity index (χ1v) is 3.05. The summed E-state index contributed by atoms with van der Waals surface area (Å²) in [6, 6.07) is 0.0939. The molecule has 0 aliphatic heterocycles. The molecule has 0 aliphatic carbocycles. The van der Waals surface area contributed by atoms with Gasteiger partial charge in [0.1, 0.15) is 0 Å². The lowest BCUT2D eigenvalue weighted by Gasteiger charge is -2.13. The maximum atomic E-state index is 9.90. The van der Waals surface area contributed by atoms with E-state index in [0.29, 0.717) is 6.54 Å². The Kier molecular flexibility index (Phi) is 4.05. The highest BCUT2D eigenvalue weighted by molar-refractivity contribution is 5.47. The Balaban J connectivity index is 3.33. The molecule has 9 heavy (non-hydrogen) atoms. The number of carbonyl (C=O) groups excluding carboxylic acids is 1. The minimum atomic E-state index is 0.0939. The molecule has 53 valence electrons. The second-order valence-electron chi connectivity index (χ2n) is 2.14. The van der Waals surface area contributed by atoms with E-state index in [4.69, 9.17) is 5.73 Å². The topological polar surface area (TPSA) is 46.3 Å². The van der Waals surface area contributed by atoms with Crippen molar-refractivity contribution in [3.8, 4) is 0 Å². The standard InChI is InChI=1S/C6H13N2O/c1-3-6(7)4-8(2)5-9/h6H,3-4,7H2,1-2H3. The highest BCUT2D eigenvalue weighted by atomic mass is 16.1. The van der Waals surface area contributed by atoms with Gasteiger partial charge in [-0.15, -0.1) is 0 Å². The van der Waals surface area contributed by atoms with Gasteiger partial charge in [-0.25, -0.2) is 0 Å². The smallest absolute Gasteiger partial charge is 0.311 e. The SMILES string of the molecule is CCC(N)CN(C)[C]=O. The summed E-state index contributed by atoms with van der Waals surface area (Å²) in [5.41, 5.74) is 5.53. The van der Waals surface area contributed by atoms with Gasteiger partial charge in [0.2, 0.25) is 0 Å². The molecule has 0 aromatic heterocycles. The Bertz CT molecular complexity index is 85.1. The molecule has 0 aromatic carbocycles. The molecular formula is C6H13N2O. The van der Waals surface area contributed by atoms with Crippen LogP contribution in [0.1, 0.15) is 13.3 Å². The quantitative estimate of drug-likeness (QED) is 0.531. The molecule has 0 fully saturated rings. The predicted octanol–water partition coefficient (Wildman–Crippen LogP) is -0.277. The summed E-state index contributed by atoms with van der Waals surface area (Å²) < 4.78 is 0. The second kappa shape index (κ2) is 4.32. The summed E-state index contributed by atoms with van der Waals surface area (Å²) in [7, 11) is 1.67. The highest BCUT2D eigenvalue weighted by Gasteiger charge is 2.01. The average molecular weight is 129 g/mol. The number of rotatable bonds is 4. The Morgan fingerprint density at radius 2 is 2.33 bits per heavy atom. The molecule has 3 nitrogen and oxygen atoms in total. The van der Waals surface area contributed by atoms with Gasteiger partial charge in [-0.05, 0) is 6.42 Å². The second-order valence-corrected chi connectivity index (χ2v) is 2.14. The van der Waals surface area contributed by atoms with E-state index in [0.717, 1.165) is 6.42 Å². The molecule has 0 rings (SSSR count). The summed E-state index contributed by atoms with van der Waals surface area (Å²) in [4.78, 5) is 11.3. The molecule has 2 N–H and O–H groups in total. The van der Waals surface area contributed by atoms with Crippen LogP contribution in [0.3, 0.4) is 0 Å². The Morgan fingerprint density at radius 1 is 1.78 bits per heavy atom. The van der Waals surface area contributed by atoms with Crippen molar-refractivity contribution in [1.29, 1.82) is 0 Å². The minimum Gasteiger partial charge on any atom is -0.336 e. The van der Waals surface area contributed by atoms with Crippen molar-refractivity contribution in [2.75, 3.05) is 13.6 Å². The first-order chi connectivity index (χ1) is 4.20. The molecule has 1 radical (unpaired) electrons. The van der Waals surface area contributed by atoms with Crippen molar-refractivity contribution in [2.24, 2.45) is 5.73 Å². The third-order valence-corrected chi connectivity index (χ3v) is 1.19. The number of nitrogens with zero attached hydrogens (tertiary/aromatic N) is 1. The summed E-state index contributed by atoms with van der Waals surface area (Å²) in [6.07, 6.45) is 2.63. The van der Waals surface area contributed by atoms with Gasteiger partial charge < -0.3 is 10.6 Å². The molecule has 0 spiro atoms. The fourth-order valence-corrected chi connectivity index (χ4v) is 0.518. The first kappa shape index (κ1) is 8.43. The largest absolute Gasteiger partial charge is 0.336 e. The van der Waals surface area contributed by atoms with Crippen molar-refractivity contribution in [2.45, 2.75) is 19.4 Å². The van der Waals surface area contributed by atoms with Crippen LogP contribution in [0.2, 0.25) is 0 Å². The predicted molar refractivity (Wildman–Crippen MR) is 36.6 cm³/mol. The van der Waals surface area contributed by atoms with Crippen LogP contribution in [0, 0.1) is 0 Å². The Morgan fingerprint density at radius 3 is 2.67 bits per heavy atom. The summed E-state index contributed by atoms with van der Waals surface area (Å²) in [5, 5.41) is 0. The number of nitrogens with two attached hydrogens (primary N) is 1. The van der Waals surface area contributed by atoms with Crippen LogP contribution in [0.25, 0.3) is 0 Å². The zero-order valence-corrected chi connectivity index (χ0v) is 5.92. The van der Waals surface area contributed by atoms with E-state index in [9.17, 15) is 4.79 Å². The van der Waals surface area contributed by atoms with Gasteiger partial charge in [-0.3, -0.25) is 4.79 Å². The monoisotopic (exact) mass is 129 g/mol. The third kappa shape index (κ3) is 3.97. The molecule has 0 aliphatic rings. The van der Waals surface area contributed by atoms with Crippen LogP contribution in [0.5, 0.6) is 0 Å². The fourth-order valence-electron chi connectivity index (χ4n) is 0.518. The van der Waals surface area contributed by atoms with Gasteiger partial charge >= 0.3 is 6.41 Å². The normalized spacial score (nSPS) is 12.8. The molecule has 1 amide bonds. The van der Waals surface area contributed by atoms with Gasteiger partial charge in [0, 0.05) is 19.6 Å². The van der Waals surface area contributed by atoms with Crippen molar-refractivity contribution in [1.82, 2.24) is 4.90 Å². The lowest BCUT2D eigenvalue weighted by atomic mass is 10.2. The average Bonchev–Trinajstić information content (AvgIpc) is 1.87. The van der Waals surface area contributed by atoms with E-state index in [-0.39, 0.29) is 6.04 Å². The lowest BCUT2D eigenvalue weighted by molar-refractivity contribution is 0.401. The highest BCUT2D eigenvalue weighted by Crippen LogP contribution is 1.86. The van der Waals surface area contributed by atoms with Gasteiger partial charge in [-0.1, -0.05) is 6.92 Å². The van der Waals surface area contributed by atoms with E-state index >= 15 is 0 Å². The van der Waals surface area contributed by atoms with Gasteiger partial charge in [0.15, 0.2) is 0 Å². The summed E-state index contributed by atoms with van der Waals surface area (Å²) in [5.74, 6) is 0. The van der Waals surface area contributed by atoms with Gasteiger partial charge in [-0.2, -0.15) is 0 Å². The number of hydrogen-bond acceptors (Lipinski definition) is 2. The van der Waals surface area contributed by atoms with E-state index in [1.54, 1.807) is 13.5 Å².